The molecule has 1 heterocycles. The van der Waals surface area contributed by atoms with Gasteiger partial charge in [0.15, 0.2) is 0 Å². The number of aliphatic hydroxyl groups is 2. The molecule has 3 N–H and O–H groups in total. The Bertz CT molecular complexity index is 171. The lowest BCUT2D eigenvalue weighted by Crippen LogP contribution is -2.54. The largest absolute Gasteiger partial charge is 0.396 e. The number of piperidine rings is 1. The second kappa shape index (κ2) is 4.60. The zero-order valence-corrected chi connectivity index (χ0v) is 9.34. The number of hydrogen-bond donors (Lipinski definition) is 3. The van der Waals surface area contributed by atoms with Crippen LogP contribution >= 0.6 is 0 Å². The van der Waals surface area contributed by atoms with Crippen LogP contribution in [0.4, 0.5) is 0 Å². The van der Waals surface area contributed by atoms with Crippen LogP contribution in [0.3, 0.4) is 0 Å². The van der Waals surface area contributed by atoms with E-state index in [0.717, 1.165) is 38.8 Å². The highest BCUT2D eigenvalue weighted by Crippen LogP contribution is 2.41. The van der Waals surface area contributed by atoms with Crippen molar-refractivity contribution in [2.45, 2.75) is 45.1 Å². The fraction of sp³-hybridized carbons (Fsp3) is 1.00. The number of hydrogen-bond acceptors (Lipinski definition) is 3. The van der Waals surface area contributed by atoms with Gasteiger partial charge < -0.3 is 15.5 Å². The van der Waals surface area contributed by atoms with E-state index in [9.17, 15) is 10.2 Å². The molecular formula is C11H23NO2. The third-order valence-electron chi connectivity index (χ3n) is 3.70. The van der Waals surface area contributed by atoms with E-state index < -0.39 is 5.60 Å². The molecule has 1 aliphatic rings. The predicted molar refractivity (Wildman–Crippen MR) is 57.2 cm³/mol. The summed E-state index contributed by atoms with van der Waals surface area (Å²) >= 11 is 0. The summed E-state index contributed by atoms with van der Waals surface area (Å²) in [5, 5.41) is 23.2. The van der Waals surface area contributed by atoms with E-state index in [2.05, 4.69) is 12.2 Å². The van der Waals surface area contributed by atoms with Crippen LogP contribution in [0.1, 0.15) is 39.5 Å². The first-order valence-electron chi connectivity index (χ1n) is 5.62. The minimum atomic E-state index is -0.678. The van der Waals surface area contributed by atoms with Crippen molar-refractivity contribution >= 4 is 0 Å². The second-order valence-corrected chi connectivity index (χ2v) is 4.75. The van der Waals surface area contributed by atoms with Gasteiger partial charge >= 0.3 is 0 Å². The summed E-state index contributed by atoms with van der Waals surface area (Å²) in [7, 11) is 0. The van der Waals surface area contributed by atoms with Gasteiger partial charge in [-0.2, -0.15) is 0 Å². The highest BCUT2D eigenvalue weighted by Gasteiger charge is 2.46. The van der Waals surface area contributed by atoms with Crippen LogP contribution in [0.5, 0.6) is 0 Å². The van der Waals surface area contributed by atoms with Crippen LogP contribution in [0.2, 0.25) is 0 Å². The Morgan fingerprint density at radius 2 is 1.93 bits per heavy atom. The van der Waals surface area contributed by atoms with Gasteiger partial charge in [-0.05, 0) is 32.4 Å². The Balaban J connectivity index is 2.73. The van der Waals surface area contributed by atoms with E-state index in [1.807, 2.05) is 6.92 Å². The Morgan fingerprint density at radius 3 is 2.36 bits per heavy atom. The SMILES string of the molecule is CCCC(C)(CO)C1(O)CCNCC1. The maximum Gasteiger partial charge on any atom is 0.0747 e. The van der Waals surface area contributed by atoms with Crippen LogP contribution < -0.4 is 5.32 Å². The third kappa shape index (κ3) is 2.10. The summed E-state index contributed by atoms with van der Waals surface area (Å²) in [6.07, 6.45) is 3.40. The van der Waals surface area contributed by atoms with Crippen molar-refractivity contribution in [1.82, 2.24) is 5.32 Å². The average Bonchev–Trinajstić information content (AvgIpc) is 2.19. The lowest BCUT2D eigenvalue weighted by molar-refractivity contribution is -0.121. The molecule has 0 spiro atoms. The van der Waals surface area contributed by atoms with Gasteiger partial charge in [0.25, 0.3) is 0 Å². The highest BCUT2D eigenvalue weighted by molar-refractivity contribution is 4.98. The summed E-state index contributed by atoms with van der Waals surface area (Å²) < 4.78 is 0. The normalized spacial score (nSPS) is 25.7. The minimum Gasteiger partial charge on any atom is -0.396 e. The molecular weight excluding hydrogens is 178 g/mol. The number of aliphatic hydroxyl groups excluding tert-OH is 1. The maximum atomic E-state index is 10.5. The van der Waals surface area contributed by atoms with Crippen molar-refractivity contribution in [3.63, 3.8) is 0 Å². The van der Waals surface area contributed by atoms with Gasteiger partial charge in [-0.15, -0.1) is 0 Å². The molecule has 1 aliphatic heterocycles. The van der Waals surface area contributed by atoms with Crippen LogP contribution in [-0.4, -0.2) is 35.5 Å². The van der Waals surface area contributed by atoms with E-state index in [0.29, 0.717) is 0 Å². The van der Waals surface area contributed by atoms with Crippen LogP contribution in [0.15, 0.2) is 0 Å². The number of nitrogens with one attached hydrogen (secondary N) is 1. The minimum absolute atomic E-state index is 0.0807. The summed E-state index contributed by atoms with van der Waals surface area (Å²) in [5.74, 6) is 0. The molecule has 0 aliphatic carbocycles. The summed E-state index contributed by atoms with van der Waals surface area (Å²) in [4.78, 5) is 0. The zero-order chi connectivity index (χ0) is 10.7. The molecule has 1 unspecified atom stereocenters. The van der Waals surface area contributed by atoms with Crippen molar-refractivity contribution in [3.8, 4) is 0 Å². The van der Waals surface area contributed by atoms with Crippen LogP contribution in [0.25, 0.3) is 0 Å². The van der Waals surface area contributed by atoms with Crippen LogP contribution in [-0.2, 0) is 0 Å². The maximum absolute atomic E-state index is 10.5. The summed E-state index contributed by atoms with van der Waals surface area (Å²) in [6, 6.07) is 0. The first-order valence-corrected chi connectivity index (χ1v) is 5.62. The van der Waals surface area contributed by atoms with E-state index in [-0.39, 0.29) is 12.0 Å². The topological polar surface area (TPSA) is 52.5 Å². The van der Waals surface area contributed by atoms with Gasteiger partial charge in [-0.1, -0.05) is 20.3 Å². The van der Waals surface area contributed by atoms with E-state index in [1.54, 1.807) is 0 Å². The first-order chi connectivity index (χ1) is 6.58. The number of rotatable bonds is 4. The summed E-state index contributed by atoms with van der Waals surface area (Å²) in [6.45, 7) is 5.89. The molecule has 0 amide bonds. The van der Waals surface area contributed by atoms with Gasteiger partial charge in [0.1, 0.15) is 0 Å². The molecule has 3 nitrogen and oxygen atoms in total. The molecule has 0 bridgehead atoms. The Morgan fingerprint density at radius 1 is 1.36 bits per heavy atom. The molecule has 0 aromatic rings. The second-order valence-electron chi connectivity index (χ2n) is 4.75. The quantitative estimate of drug-likeness (QED) is 0.633. The van der Waals surface area contributed by atoms with E-state index in [1.165, 1.54) is 0 Å². The molecule has 0 saturated carbocycles. The Labute approximate surface area is 86.5 Å². The molecule has 0 radical (unpaired) electrons. The molecule has 1 saturated heterocycles. The zero-order valence-electron chi connectivity index (χ0n) is 9.34. The molecule has 1 fully saturated rings. The molecule has 1 atom stereocenters. The van der Waals surface area contributed by atoms with Gasteiger partial charge in [0.05, 0.1) is 12.2 Å². The Kier molecular flexibility index (Phi) is 3.93. The fourth-order valence-corrected chi connectivity index (χ4v) is 2.45. The lowest BCUT2D eigenvalue weighted by Gasteiger charge is -2.46. The van der Waals surface area contributed by atoms with Crippen molar-refractivity contribution in [2.24, 2.45) is 5.41 Å². The van der Waals surface area contributed by atoms with Gasteiger partial charge in [-0.25, -0.2) is 0 Å². The highest BCUT2D eigenvalue weighted by atomic mass is 16.3. The monoisotopic (exact) mass is 201 g/mol. The first kappa shape index (κ1) is 12.0. The van der Waals surface area contributed by atoms with Gasteiger partial charge in [0.2, 0.25) is 0 Å². The molecule has 14 heavy (non-hydrogen) atoms. The molecule has 3 heteroatoms. The van der Waals surface area contributed by atoms with Crippen molar-refractivity contribution < 1.29 is 10.2 Å². The molecule has 0 aromatic heterocycles. The van der Waals surface area contributed by atoms with Gasteiger partial charge in [0, 0.05) is 5.41 Å². The molecule has 0 aromatic carbocycles. The molecule has 84 valence electrons. The van der Waals surface area contributed by atoms with E-state index in [4.69, 9.17) is 0 Å². The Hall–Kier alpha value is -0.120. The third-order valence-corrected chi connectivity index (χ3v) is 3.70. The van der Waals surface area contributed by atoms with Gasteiger partial charge in [-0.3, -0.25) is 0 Å². The summed E-state index contributed by atoms with van der Waals surface area (Å²) in [5.41, 5.74) is -1.01. The standard InChI is InChI=1S/C11H23NO2/c1-3-4-10(2,9-13)11(14)5-7-12-8-6-11/h12-14H,3-9H2,1-2H3. The van der Waals surface area contributed by atoms with E-state index >= 15 is 0 Å². The van der Waals surface area contributed by atoms with Crippen molar-refractivity contribution in [2.75, 3.05) is 19.7 Å². The predicted octanol–water partition coefficient (Wildman–Crippen LogP) is 0.900. The fourth-order valence-electron chi connectivity index (χ4n) is 2.45. The smallest absolute Gasteiger partial charge is 0.0747 e. The molecule has 1 rings (SSSR count). The van der Waals surface area contributed by atoms with Crippen LogP contribution in [0, 0.1) is 5.41 Å². The lowest BCUT2D eigenvalue weighted by atomic mass is 9.66. The average molecular weight is 201 g/mol. The van der Waals surface area contributed by atoms with Crippen molar-refractivity contribution in [1.29, 1.82) is 0 Å². The van der Waals surface area contributed by atoms with Crippen molar-refractivity contribution in [3.05, 3.63) is 0 Å².